The van der Waals surface area contributed by atoms with Crippen molar-refractivity contribution in [3.63, 3.8) is 0 Å². The molecule has 1 fully saturated rings. The normalized spacial score (nSPS) is 13.2. The summed E-state index contributed by atoms with van der Waals surface area (Å²) in [5.74, 6) is 3.04. The Kier molecular flexibility index (Phi) is 7.94. The van der Waals surface area contributed by atoms with Crippen molar-refractivity contribution in [3.05, 3.63) is 48.5 Å². The van der Waals surface area contributed by atoms with Crippen LogP contribution in [0.1, 0.15) is 6.92 Å². The first-order valence-electron chi connectivity index (χ1n) is 11.7. The number of nitrogens with zero attached hydrogens (tertiary/aromatic N) is 4. The van der Waals surface area contributed by atoms with Crippen LogP contribution in [-0.4, -0.2) is 75.2 Å². The molecule has 1 aliphatic heterocycles. The fraction of sp³-hybridized carbons (Fsp3) is 0.346. The van der Waals surface area contributed by atoms with Gasteiger partial charge in [-0.05, 0) is 43.3 Å². The van der Waals surface area contributed by atoms with Gasteiger partial charge in [-0.15, -0.1) is 10.2 Å². The smallest absolute Gasteiger partial charge is 0.321 e. The lowest BCUT2D eigenvalue weighted by Gasteiger charge is -2.35. The molecule has 2 aromatic carbocycles. The summed E-state index contributed by atoms with van der Waals surface area (Å²) in [5, 5.41) is 11.7. The quantitative estimate of drug-likeness (QED) is 0.504. The third-order valence-electron chi connectivity index (χ3n) is 5.92. The molecule has 4 rings (SSSR count). The minimum atomic E-state index is -0.194. The summed E-state index contributed by atoms with van der Waals surface area (Å²) in [6.07, 6.45) is 0. The molecule has 1 saturated heterocycles. The summed E-state index contributed by atoms with van der Waals surface area (Å²) in [6, 6.07) is 14.9. The summed E-state index contributed by atoms with van der Waals surface area (Å²) in [7, 11) is 4.61. The van der Waals surface area contributed by atoms with Gasteiger partial charge in [0, 0.05) is 43.9 Å². The molecule has 0 unspecified atom stereocenters. The summed E-state index contributed by atoms with van der Waals surface area (Å²) in [4.78, 5) is 16.8. The van der Waals surface area contributed by atoms with E-state index in [1.54, 1.807) is 17.0 Å². The van der Waals surface area contributed by atoms with E-state index >= 15 is 0 Å². The van der Waals surface area contributed by atoms with Crippen LogP contribution in [0.15, 0.2) is 48.5 Å². The van der Waals surface area contributed by atoms with E-state index in [0.717, 1.165) is 22.8 Å². The zero-order valence-corrected chi connectivity index (χ0v) is 21.0. The van der Waals surface area contributed by atoms with E-state index < -0.39 is 0 Å². The second kappa shape index (κ2) is 11.5. The third kappa shape index (κ3) is 5.54. The Morgan fingerprint density at radius 3 is 2.08 bits per heavy atom. The molecule has 2 amide bonds. The molecular formula is C26H31N5O5. The fourth-order valence-corrected chi connectivity index (χ4v) is 4.03. The number of benzene rings is 2. The number of aromatic nitrogens is 2. The van der Waals surface area contributed by atoms with Crippen LogP contribution in [-0.2, 0) is 0 Å². The van der Waals surface area contributed by atoms with Crippen molar-refractivity contribution in [1.82, 2.24) is 15.1 Å². The molecular weight excluding hydrogens is 462 g/mol. The standard InChI is InChI=1S/C26H31N5O5/c1-5-36-20-8-6-18(7-9-20)21-10-11-24(29-28-21)30-12-14-31(15-13-30)26(32)27-19-16-22(33-2)25(35-4)23(17-19)34-3/h6-11,16-17H,5,12-15H2,1-4H3,(H,27,32). The monoisotopic (exact) mass is 493 g/mol. The highest BCUT2D eigenvalue weighted by molar-refractivity contribution is 5.90. The van der Waals surface area contributed by atoms with Crippen molar-refractivity contribution in [3.8, 4) is 34.3 Å². The van der Waals surface area contributed by atoms with Crippen LogP contribution >= 0.6 is 0 Å². The van der Waals surface area contributed by atoms with Gasteiger partial charge in [0.05, 0.1) is 39.3 Å². The zero-order valence-electron chi connectivity index (χ0n) is 21.0. The first-order valence-corrected chi connectivity index (χ1v) is 11.7. The van der Waals surface area contributed by atoms with Gasteiger partial charge in [0.2, 0.25) is 5.75 Å². The van der Waals surface area contributed by atoms with Crippen LogP contribution in [0, 0.1) is 0 Å². The number of hydrogen-bond acceptors (Lipinski definition) is 8. The number of piperazine rings is 1. The van der Waals surface area contributed by atoms with Gasteiger partial charge < -0.3 is 34.1 Å². The molecule has 0 spiro atoms. The van der Waals surface area contributed by atoms with E-state index in [-0.39, 0.29) is 6.03 Å². The molecule has 190 valence electrons. The molecule has 1 N–H and O–H groups in total. The lowest BCUT2D eigenvalue weighted by Crippen LogP contribution is -2.50. The van der Waals surface area contributed by atoms with E-state index in [0.29, 0.717) is 55.7 Å². The molecule has 0 saturated carbocycles. The molecule has 3 aromatic rings. The maximum absolute atomic E-state index is 12.9. The molecule has 0 atom stereocenters. The number of methoxy groups -OCH3 is 3. The number of urea groups is 1. The lowest BCUT2D eigenvalue weighted by molar-refractivity contribution is 0.208. The zero-order chi connectivity index (χ0) is 25.5. The second-order valence-electron chi connectivity index (χ2n) is 8.05. The number of carbonyl (C=O) groups excluding carboxylic acids is 1. The molecule has 0 aliphatic carbocycles. The molecule has 10 nitrogen and oxygen atoms in total. The summed E-state index contributed by atoms with van der Waals surface area (Å²) >= 11 is 0. The average molecular weight is 494 g/mol. The van der Waals surface area contributed by atoms with E-state index in [9.17, 15) is 4.79 Å². The van der Waals surface area contributed by atoms with Crippen molar-refractivity contribution in [2.75, 3.05) is 64.3 Å². The highest BCUT2D eigenvalue weighted by Gasteiger charge is 2.23. The van der Waals surface area contributed by atoms with E-state index in [1.807, 2.05) is 43.3 Å². The summed E-state index contributed by atoms with van der Waals surface area (Å²) in [6.45, 7) is 5.00. The van der Waals surface area contributed by atoms with E-state index in [4.69, 9.17) is 18.9 Å². The van der Waals surface area contributed by atoms with Crippen LogP contribution in [0.3, 0.4) is 0 Å². The van der Waals surface area contributed by atoms with Gasteiger partial charge in [0.25, 0.3) is 0 Å². The van der Waals surface area contributed by atoms with Gasteiger partial charge in [-0.25, -0.2) is 4.79 Å². The predicted molar refractivity (Wildman–Crippen MR) is 138 cm³/mol. The van der Waals surface area contributed by atoms with Crippen molar-refractivity contribution in [2.24, 2.45) is 0 Å². The minimum absolute atomic E-state index is 0.194. The van der Waals surface area contributed by atoms with Crippen molar-refractivity contribution < 1.29 is 23.7 Å². The Balaban J connectivity index is 1.34. The Morgan fingerprint density at radius 1 is 0.889 bits per heavy atom. The van der Waals surface area contributed by atoms with Crippen LogP contribution in [0.4, 0.5) is 16.3 Å². The molecule has 10 heteroatoms. The van der Waals surface area contributed by atoms with Crippen LogP contribution in [0.25, 0.3) is 11.3 Å². The first kappa shape index (κ1) is 24.9. The van der Waals surface area contributed by atoms with Crippen LogP contribution in [0.2, 0.25) is 0 Å². The summed E-state index contributed by atoms with van der Waals surface area (Å²) < 4.78 is 21.6. The lowest BCUT2D eigenvalue weighted by atomic mass is 10.1. The average Bonchev–Trinajstić information content (AvgIpc) is 2.93. The Labute approximate surface area is 210 Å². The van der Waals surface area contributed by atoms with Gasteiger partial charge in [-0.1, -0.05) is 0 Å². The summed E-state index contributed by atoms with van der Waals surface area (Å²) in [5.41, 5.74) is 2.34. The van der Waals surface area contributed by atoms with Crippen molar-refractivity contribution >= 4 is 17.5 Å². The van der Waals surface area contributed by atoms with Gasteiger partial charge in [-0.3, -0.25) is 0 Å². The number of hydrogen-bond donors (Lipinski definition) is 1. The third-order valence-corrected chi connectivity index (χ3v) is 5.92. The maximum Gasteiger partial charge on any atom is 0.321 e. The van der Waals surface area contributed by atoms with Gasteiger partial charge in [0.15, 0.2) is 17.3 Å². The molecule has 0 bridgehead atoms. The SMILES string of the molecule is CCOc1ccc(-c2ccc(N3CCN(C(=O)Nc4cc(OC)c(OC)c(OC)c4)CC3)nn2)cc1. The molecule has 2 heterocycles. The number of ether oxygens (including phenoxy) is 4. The van der Waals surface area contributed by atoms with Gasteiger partial charge >= 0.3 is 6.03 Å². The van der Waals surface area contributed by atoms with Crippen molar-refractivity contribution in [1.29, 1.82) is 0 Å². The minimum Gasteiger partial charge on any atom is -0.494 e. The van der Waals surface area contributed by atoms with Gasteiger partial charge in [0.1, 0.15) is 5.75 Å². The van der Waals surface area contributed by atoms with Crippen LogP contribution < -0.4 is 29.2 Å². The van der Waals surface area contributed by atoms with Crippen LogP contribution in [0.5, 0.6) is 23.0 Å². The molecule has 1 aliphatic rings. The number of rotatable bonds is 8. The Hall–Kier alpha value is -4.21. The maximum atomic E-state index is 12.9. The number of anilines is 2. The topological polar surface area (TPSA) is 98.3 Å². The first-order chi connectivity index (χ1) is 17.6. The molecule has 36 heavy (non-hydrogen) atoms. The fourth-order valence-electron chi connectivity index (χ4n) is 4.03. The predicted octanol–water partition coefficient (Wildman–Crippen LogP) is 3.92. The largest absolute Gasteiger partial charge is 0.494 e. The Bertz CT molecular complexity index is 1140. The molecule has 1 aromatic heterocycles. The van der Waals surface area contributed by atoms with E-state index in [2.05, 4.69) is 20.4 Å². The highest BCUT2D eigenvalue weighted by atomic mass is 16.5. The highest BCUT2D eigenvalue weighted by Crippen LogP contribution is 2.40. The van der Waals surface area contributed by atoms with Gasteiger partial charge in [-0.2, -0.15) is 0 Å². The second-order valence-corrected chi connectivity index (χ2v) is 8.05. The van der Waals surface area contributed by atoms with Crippen molar-refractivity contribution in [2.45, 2.75) is 6.92 Å². The number of nitrogens with one attached hydrogen (secondary N) is 1. The Morgan fingerprint density at radius 2 is 1.56 bits per heavy atom. The molecule has 0 radical (unpaired) electrons. The number of amides is 2. The van der Waals surface area contributed by atoms with E-state index in [1.165, 1.54) is 21.3 Å². The number of carbonyl (C=O) groups is 1.